The Kier molecular flexibility index (Phi) is 5.49. The fourth-order valence-corrected chi connectivity index (χ4v) is 2.00. The Balaban J connectivity index is 2.93. The number of rotatable bonds is 6. The van der Waals surface area contributed by atoms with Crippen LogP contribution in [0.4, 0.5) is 0 Å². The molecule has 1 unspecified atom stereocenters. The van der Waals surface area contributed by atoms with E-state index in [9.17, 15) is 0 Å². The van der Waals surface area contributed by atoms with Gasteiger partial charge in [-0.1, -0.05) is 32.0 Å². The lowest BCUT2D eigenvalue weighted by molar-refractivity contribution is 0.237. The first-order valence-corrected chi connectivity index (χ1v) is 6.47. The van der Waals surface area contributed by atoms with Gasteiger partial charge in [-0.15, -0.1) is 0 Å². The van der Waals surface area contributed by atoms with E-state index in [2.05, 4.69) is 51.2 Å². The van der Waals surface area contributed by atoms with Crippen LogP contribution in [-0.2, 0) is 0 Å². The van der Waals surface area contributed by atoms with E-state index in [0.29, 0.717) is 12.0 Å². The van der Waals surface area contributed by atoms with Crippen molar-refractivity contribution in [1.29, 1.82) is 0 Å². The molecule has 0 aromatic heterocycles. The molecule has 0 aliphatic carbocycles. The Morgan fingerprint density at radius 3 is 2.29 bits per heavy atom. The van der Waals surface area contributed by atoms with Crippen LogP contribution < -0.4 is 10.1 Å². The van der Waals surface area contributed by atoms with E-state index >= 15 is 0 Å². The van der Waals surface area contributed by atoms with Crippen molar-refractivity contribution in [2.45, 2.75) is 46.3 Å². The fourth-order valence-electron chi connectivity index (χ4n) is 2.00. The fraction of sp³-hybridized carbons (Fsp3) is 0.600. The van der Waals surface area contributed by atoms with Crippen molar-refractivity contribution in [2.24, 2.45) is 5.92 Å². The van der Waals surface area contributed by atoms with Gasteiger partial charge < -0.3 is 10.1 Å². The summed E-state index contributed by atoms with van der Waals surface area (Å²) >= 11 is 0. The Bertz CT molecular complexity index is 333. The Labute approximate surface area is 105 Å². The van der Waals surface area contributed by atoms with Crippen LogP contribution in [0, 0.1) is 5.92 Å². The molecular formula is C15H25NO. The first-order chi connectivity index (χ1) is 8.04. The van der Waals surface area contributed by atoms with Crippen LogP contribution in [-0.4, -0.2) is 13.2 Å². The zero-order valence-electron chi connectivity index (χ0n) is 11.7. The average Bonchev–Trinajstić information content (AvgIpc) is 2.26. The lowest BCUT2D eigenvalue weighted by atomic mass is 9.96. The normalized spacial score (nSPS) is 13.1. The molecule has 1 N–H and O–H groups in total. The van der Waals surface area contributed by atoms with Crippen LogP contribution in [0.3, 0.4) is 0 Å². The van der Waals surface area contributed by atoms with E-state index in [1.807, 2.05) is 13.1 Å². The lowest BCUT2D eigenvalue weighted by Crippen LogP contribution is -2.20. The van der Waals surface area contributed by atoms with Crippen molar-refractivity contribution in [2.75, 3.05) is 7.05 Å². The summed E-state index contributed by atoms with van der Waals surface area (Å²) in [6, 6.07) is 8.68. The molecule has 1 atom stereocenters. The zero-order chi connectivity index (χ0) is 12.8. The predicted octanol–water partition coefficient (Wildman–Crippen LogP) is 3.78. The van der Waals surface area contributed by atoms with Gasteiger partial charge in [0.1, 0.15) is 5.75 Å². The minimum Gasteiger partial charge on any atom is -0.491 e. The summed E-state index contributed by atoms with van der Waals surface area (Å²) in [6.07, 6.45) is 1.34. The maximum atomic E-state index is 5.87. The van der Waals surface area contributed by atoms with Gasteiger partial charge in [-0.2, -0.15) is 0 Å². The van der Waals surface area contributed by atoms with E-state index in [-0.39, 0.29) is 6.10 Å². The maximum absolute atomic E-state index is 5.87. The molecular weight excluding hydrogens is 210 g/mol. The van der Waals surface area contributed by atoms with Gasteiger partial charge in [0, 0.05) is 11.6 Å². The van der Waals surface area contributed by atoms with Crippen LogP contribution in [0.5, 0.6) is 5.75 Å². The van der Waals surface area contributed by atoms with E-state index in [4.69, 9.17) is 4.74 Å². The van der Waals surface area contributed by atoms with Gasteiger partial charge >= 0.3 is 0 Å². The van der Waals surface area contributed by atoms with Crippen molar-refractivity contribution in [3.05, 3.63) is 29.8 Å². The topological polar surface area (TPSA) is 21.3 Å². The molecule has 2 nitrogen and oxygen atoms in total. The molecule has 0 fully saturated rings. The quantitative estimate of drug-likeness (QED) is 0.810. The number of benzene rings is 1. The highest BCUT2D eigenvalue weighted by atomic mass is 16.5. The first-order valence-electron chi connectivity index (χ1n) is 6.47. The lowest BCUT2D eigenvalue weighted by Gasteiger charge is -2.22. The minimum atomic E-state index is 0.215. The zero-order valence-corrected chi connectivity index (χ0v) is 11.7. The van der Waals surface area contributed by atoms with Crippen molar-refractivity contribution >= 4 is 0 Å². The molecule has 17 heavy (non-hydrogen) atoms. The minimum absolute atomic E-state index is 0.215. The first kappa shape index (κ1) is 14.0. The largest absolute Gasteiger partial charge is 0.491 e. The monoisotopic (exact) mass is 235 g/mol. The average molecular weight is 235 g/mol. The molecule has 1 aromatic rings. The summed E-state index contributed by atoms with van der Waals surface area (Å²) in [7, 11) is 2.01. The molecule has 0 aliphatic rings. The van der Waals surface area contributed by atoms with Gasteiger partial charge in [-0.25, -0.2) is 0 Å². The van der Waals surface area contributed by atoms with Crippen LogP contribution in [0.1, 0.15) is 45.7 Å². The second-order valence-electron chi connectivity index (χ2n) is 5.18. The molecule has 0 heterocycles. The second kappa shape index (κ2) is 6.65. The number of hydrogen-bond donors (Lipinski definition) is 1. The van der Waals surface area contributed by atoms with E-state index in [1.165, 1.54) is 5.56 Å². The SMILES string of the molecule is CNC(CC(C)C)c1ccccc1OC(C)C. The highest BCUT2D eigenvalue weighted by Crippen LogP contribution is 2.29. The van der Waals surface area contributed by atoms with Crippen LogP contribution in [0.2, 0.25) is 0 Å². The molecule has 0 aliphatic heterocycles. The molecule has 0 bridgehead atoms. The maximum Gasteiger partial charge on any atom is 0.124 e. The molecule has 0 spiro atoms. The summed E-state index contributed by atoms with van der Waals surface area (Å²) in [5.74, 6) is 1.67. The second-order valence-corrected chi connectivity index (χ2v) is 5.18. The van der Waals surface area contributed by atoms with Crippen LogP contribution in [0.15, 0.2) is 24.3 Å². The van der Waals surface area contributed by atoms with Gasteiger partial charge in [0.25, 0.3) is 0 Å². The molecule has 0 amide bonds. The standard InChI is InChI=1S/C15H25NO/c1-11(2)10-14(16-5)13-8-6-7-9-15(13)17-12(3)4/h6-9,11-12,14,16H,10H2,1-5H3. The summed E-state index contributed by atoms with van der Waals surface area (Å²) in [6.45, 7) is 8.62. The summed E-state index contributed by atoms with van der Waals surface area (Å²) < 4.78 is 5.87. The van der Waals surface area contributed by atoms with Crippen molar-refractivity contribution in [1.82, 2.24) is 5.32 Å². The Morgan fingerprint density at radius 1 is 1.12 bits per heavy atom. The summed E-state index contributed by atoms with van der Waals surface area (Å²) in [5.41, 5.74) is 1.26. The van der Waals surface area contributed by atoms with Crippen molar-refractivity contribution in [3.63, 3.8) is 0 Å². The highest BCUT2D eigenvalue weighted by Gasteiger charge is 2.16. The molecule has 1 rings (SSSR count). The smallest absolute Gasteiger partial charge is 0.124 e. The number of nitrogens with one attached hydrogen (secondary N) is 1. The molecule has 1 aromatic carbocycles. The number of ether oxygens (including phenoxy) is 1. The number of hydrogen-bond acceptors (Lipinski definition) is 2. The van der Waals surface area contributed by atoms with Crippen LogP contribution >= 0.6 is 0 Å². The van der Waals surface area contributed by atoms with Crippen molar-refractivity contribution in [3.8, 4) is 5.75 Å². The van der Waals surface area contributed by atoms with Gasteiger partial charge in [0.2, 0.25) is 0 Å². The van der Waals surface area contributed by atoms with Crippen LogP contribution in [0.25, 0.3) is 0 Å². The van der Waals surface area contributed by atoms with E-state index in [0.717, 1.165) is 12.2 Å². The van der Waals surface area contributed by atoms with E-state index < -0.39 is 0 Å². The van der Waals surface area contributed by atoms with Gasteiger partial charge in [-0.05, 0) is 39.3 Å². The Hall–Kier alpha value is -1.02. The van der Waals surface area contributed by atoms with Gasteiger partial charge in [-0.3, -0.25) is 0 Å². The van der Waals surface area contributed by atoms with Crippen molar-refractivity contribution < 1.29 is 4.74 Å². The van der Waals surface area contributed by atoms with Gasteiger partial charge in [0.15, 0.2) is 0 Å². The van der Waals surface area contributed by atoms with E-state index in [1.54, 1.807) is 0 Å². The molecule has 0 saturated heterocycles. The number of para-hydroxylation sites is 1. The highest BCUT2D eigenvalue weighted by molar-refractivity contribution is 5.36. The molecule has 96 valence electrons. The molecule has 0 radical (unpaired) electrons. The third-order valence-electron chi connectivity index (χ3n) is 2.71. The van der Waals surface area contributed by atoms with Gasteiger partial charge in [0.05, 0.1) is 6.10 Å². The third-order valence-corrected chi connectivity index (χ3v) is 2.71. The predicted molar refractivity (Wildman–Crippen MR) is 73.5 cm³/mol. The molecule has 2 heteroatoms. The third kappa shape index (κ3) is 4.39. The molecule has 0 saturated carbocycles. The summed E-state index contributed by atoms with van der Waals surface area (Å²) in [4.78, 5) is 0. The Morgan fingerprint density at radius 2 is 1.76 bits per heavy atom. The summed E-state index contributed by atoms with van der Waals surface area (Å²) in [5, 5.41) is 3.38.